The number of aromatic nitrogens is 1. The topological polar surface area (TPSA) is 17.0 Å². The molecule has 2 heteroatoms. The van der Waals surface area contributed by atoms with Crippen LogP contribution in [-0.4, -0.2) is 4.57 Å². The second kappa shape index (κ2) is 9.42. The van der Waals surface area contributed by atoms with Gasteiger partial charge in [-0.15, -0.1) is 0 Å². The van der Waals surface area contributed by atoms with E-state index in [1.807, 2.05) is 0 Å². The van der Waals surface area contributed by atoms with Crippen molar-refractivity contribution in [3.8, 4) is 27.9 Å². The number of fused-ring (bicyclic) bond motifs is 3. The molecule has 0 spiro atoms. The fraction of sp³-hybridized carbons (Fsp3) is 0. The van der Waals surface area contributed by atoms with Crippen molar-refractivity contribution in [1.82, 2.24) is 4.57 Å². The molecule has 0 aliphatic heterocycles. The van der Waals surface area contributed by atoms with Crippen LogP contribution in [0.1, 0.15) is 0 Å². The molecule has 180 valence electrons. The molecule has 38 heavy (non-hydrogen) atoms. The van der Waals surface area contributed by atoms with Gasteiger partial charge in [-0.3, -0.25) is 0 Å². The van der Waals surface area contributed by atoms with E-state index in [2.05, 4.69) is 162 Å². The quantitative estimate of drug-likeness (QED) is 0.256. The van der Waals surface area contributed by atoms with Crippen molar-refractivity contribution < 1.29 is 0 Å². The average molecular weight is 487 g/mol. The number of hydrogen-bond donors (Lipinski definition) is 1. The molecule has 0 radical (unpaired) electrons. The van der Waals surface area contributed by atoms with Crippen molar-refractivity contribution in [2.45, 2.75) is 0 Å². The van der Waals surface area contributed by atoms with E-state index >= 15 is 0 Å². The number of nitrogens with one attached hydrogen (secondary N) is 1. The van der Waals surface area contributed by atoms with Gasteiger partial charge >= 0.3 is 0 Å². The molecule has 0 bridgehead atoms. The molecular weight excluding hydrogens is 460 g/mol. The Morgan fingerprint density at radius 3 is 1.37 bits per heavy atom. The molecule has 7 aromatic rings. The maximum atomic E-state index is 3.66. The highest BCUT2D eigenvalue weighted by atomic mass is 15.0. The van der Waals surface area contributed by atoms with Gasteiger partial charge in [0, 0.05) is 27.8 Å². The van der Waals surface area contributed by atoms with Gasteiger partial charge in [0.1, 0.15) is 0 Å². The predicted molar refractivity (Wildman–Crippen MR) is 161 cm³/mol. The third-order valence-corrected chi connectivity index (χ3v) is 7.14. The second-order valence-electron chi connectivity index (χ2n) is 9.57. The summed E-state index contributed by atoms with van der Waals surface area (Å²) in [4.78, 5) is 0. The van der Waals surface area contributed by atoms with Crippen molar-refractivity contribution in [2.24, 2.45) is 0 Å². The van der Waals surface area contributed by atoms with E-state index in [0.29, 0.717) is 0 Å². The number of rotatable bonds is 5. The zero-order valence-corrected chi connectivity index (χ0v) is 20.9. The maximum Gasteiger partial charge on any atom is 0.0541 e. The molecule has 1 aromatic heterocycles. The zero-order chi connectivity index (χ0) is 25.3. The van der Waals surface area contributed by atoms with Gasteiger partial charge in [-0.1, -0.05) is 97.1 Å². The minimum Gasteiger partial charge on any atom is -0.355 e. The lowest BCUT2D eigenvalue weighted by molar-refractivity contribution is 1.18. The van der Waals surface area contributed by atoms with Crippen molar-refractivity contribution in [3.63, 3.8) is 0 Å². The lowest BCUT2D eigenvalue weighted by Gasteiger charge is -2.14. The molecule has 0 saturated carbocycles. The van der Waals surface area contributed by atoms with Gasteiger partial charge in [0.25, 0.3) is 0 Å². The van der Waals surface area contributed by atoms with Crippen LogP contribution in [0.2, 0.25) is 0 Å². The summed E-state index contributed by atoms with van der Waals surface area (Å²) in [7, 11) is 0. The van der Waals surface area contributed by atoms with Gasteiger partial charge in [0.2, 0.25) is 0 Å². The fourth-order valence-electron chi connectivity index (χ4n) is 5.36. The third kappa shape index (κ3) is 4.03. The van der Waals surface area contributed by atoms with E-state index in [1.165, 1.54) is 44.1 Å². The normalized spacial score (nSPS) is 11.2. The van der Waals surface area contributed by atoms with Crippen LogP contribution in [0.4, 0.5) is 11.4 Å². The number of nitrogens with zero attached hydrogens (tertiary/aromatic N) is 1. The number of anilines is 2. The maximum absolute atomic E-state index is 3.66. The Morgan fingerprint density at radius 2 is 0.842 bits per heavy atom. The molecule has 0 atom stereocenters. The molecule has 0 unspecified atom stereocenters. The van der Waals surface area contributed by atoms with Gasteiger partial charge in [0.05, 0.1) is 11.0 Å². The van der Waals surface area contributed by atoms with Crippen LogP contribution in [0.5, 0.6) is 0 Å². The lowest BCUT2D eigenvalue weighted by atomic mass is 9.98. The molecule has 0 saturated heterocycles. The number of para-hydroxylation sites is 2. The van der Waals surface area contributed by atoms with Crippen LogP contribution in [0, 0.1) is 0 Å². The van der Waals surface area contributed by atoms with Gasteiger partial charge in [-0.25, -0.2) is 0 Å². The van der Waals surface area contributed by atoms with E-state index in [-0.39, 0.29) is 0 Å². The minimum absolute atomic E-state index is 1.05. The molecule has 1 N–H and O–H groups in total. The Labute approximate surface area is 222 Å². The highest BCUT2D eigenvalue weighted by molar-refractivity contribution is 6.09. The molecule has 0 aliphatic rings. The SMILES string of the molecule is c1ccc(-c2cc(Nc3ccc(-n4c5ccccc5c5ccccc54)cc3)cc(-c3ccccc3)c2)cc1. The van der Waals surface area contributed by atoms with E-state index in [4.69, 9.17) is 0 Å². The highest BCUT2D eigenvalue weighted by Crippen LogP contribution is 2.34. The van der Waals surface area contributed by atoms with E-state index in [0.717, 1.165) is 17.1 Å². The van der Waals surface area contributed by atoms with Crippen molar-refractivity contribution in [1.29, 1.82) is 0 Å². The molecule has 0 fully saturated rings. The van der Waals surface area contributed by atoms with Gasteiger partial charge in [-0.05, 0) is 76.9 Å². The predicted octanol–water partition coefficient (Wildman–Crippen LogP) is 9.86. The van der Waals surface area contributed by atoms with Crippen molar-refractivity contribution in [3.05, 3.63) is 152 Å². The average Bonchev–Trinajstić information content (AvgIpc) is 3.33. The van der Waals surface area contributed by atoms with Crippen LogP contribution in [-0.2, 0) is 0 Å². The Kier molecular flexibility index (Phi) is 5.49. The first-order chi connectivity index (χ1) is 18.8. The summed E-state index contributed by atoms with van der Waals surface area (Å²) >= 11 is 0. The van der Waals surface area contributed by atoms with E-state index in [1.54, 1.807) is 0 Å². The summed E-state index contributed by atoms with van der Waals surface area (Å²) in [5, 5.41) is 6.21. The van der Waals surface area contributed by atoms with E-state index in [9.17, 15) is 0 Å². The summed E-state index contributed by atoms with van der Waals surface area (Å²) in [6.45, 7) is 0. The van der Waals surface area contributed by atoms with Gasteiger partial charge in [0.15, 0.2) is 0 Å². The van der Waals surface area contributed by atoms with E-state index < -0.39 is 0 Å². The Hall–Kier alpha value is -5.08. The molecule has 0 amide bonds. The van der Waals surface area contributed by atoms with Crippen LogP contribution in [0.3, 0.4) is 0 Å². The number of hydrogen-bond acceptors (Lipinski definition) is 1. The summed E-state index contributed by atoms with van der Waals surface area (Å²) < 4.78 is 2.35. The van der Waals surface area contributed by atoms with Gasteiger partial charge in [-0.2, -0.15) is 0 Å². The molecule has 1 heterocycles. The second-order valence-corrected chi connectivity index (χ2v) is 9.57. The third-order valence-electron chi connectivity index (χ3n) is 7.14. The summed E-state index contributed by atoms with van der Waals surface area (Å²) in [5.41, 5.74) is 10.5. The number of benzene rings is 6. The van der Waals surface area contributed by atoms with Crippen LogP contribution >= 0.6 is 0 Å². The van der Waals surface area contributed by atoms with Gasteiger partial charge < -0.3 is 9.88 Å². The lowest BCUT2D eigenvalue weighted by Crippen LogP contribution is -1.96. The molecule has 7 rings (SSSR count). The Bertz CT molecular complexity index is 1750. The zero-order valence-electron chi connectivity index (χ0n) is 20.9. The largest absolute Gasteiger partial charge is 0.355 e. The first kappa shape index (κ1) is 22.1. The fourth-order valence-corrected chi connectivity index (χ4v) is 5.36. The first-order valence-corrected chi connectivity index (χ1v) is 13.0. The molecule has 2 nitrogen and oxygen atoms in total. The Morgan fingerprint density at radius 1 is 0.368 bits per heavy atom. The van der Waals surface area contributed by atoms with Crippen LogP contribution in [0.25, 0.3) is 49.7 Å². The summed E-state index contributed by atoms with van der Waals surface area (Å²) in [5.74, 6) is 0. The highest BCUT2D eigenvalue weighted by Gasteiger charge is 2.11. The summed E-state index contributed by atoms with van der Waals surface area (Å²) in [6, 6.07) is 53.8. The minimum atomic E-state index is 1.05. The molecular formula is C36H26N2. The van der Waals surface area contributed by atoms with Crippen LogP contribution in [0.15, 0.2) is 152 Å². The van der Waals surface area contributed by atoms with Crippen LogP contribution < -0.4 is 5.32 Å². The van der Waals surface area contributed by atoms with Crippen molar-refractivity contribution in [2.75, 3.05) is 5.32 Å². The molecule has 0 aliphatic carbocycles. The smallest absolute Gasteiger partial charge is 0.0541 e. The molecule has 6 aromatic carbocycles. The standard InChI is InChI=1S/C36H26N2/c1-3-11-26(12-4-1)28-23-29(27-13-5-2-6-14-27)25-31(24-28)37-30-19-21-32(22-20-30)38-35-17-9-7-15-33(35)34-16-8-10-18-36(34)38/h1-25,37H. The first-order valence-electron chi connectivity index (χ1n) is 13.0. The summed E-state index contributed by atoms with van der Waals surface area (Å²) in [6.07, 6.45) is 0. The monoisotopic (exact) mass is 486 g/mol. The van der Waals surface area contributed by atoms with Crippen molar-refractivity contribution >= 4 is 33.2 Å². The Balaban J connectivity index is 1.27.